The monoisotopic (exact) mass is 219 g/mol. The molecule has 0 aliphatic carbocycles. The SMILES string of the molecule is CCCCCNC(CCC)c1ccccc1. The molecule has 0 aromatic heterocycles. The Morgan fingerprint density at radius 1 is 1.00 bits per heavy atom. The van der Waals surface area contributed by atoms with E-state index < -0.39 is 0 Å². The molecule has 0 bridgehead atoms. The van der Waals surface area contributed by atoms with E-state index in [1.165, 1.54) is 37.7 Å². The Labute approximate surface area is 100 Å². The Hall–Kier alpha value is -0.820. The van der Waals surface area contributed by atoms with Gasteiger partial charge in [-0.05, 0) is 24.9 Å². The van der Waals surface area contributed by atoms with Gasteiger partial charge in [-0.3, -0.25) is 0 Å². The van der Waals surface area contributed by atoms with Crippen LogP contribution in [0.4, 0.5) is 0 Å². The molecule has 0 radical (unpaired) electrons. The van der Waals surface area contributed by atoms with Crippen LogP contribution in [0.3, 0.4) is 0 Å². The first-order valence-corrected chi connectivity index (χ1v) is 6.66. The Kier molecular flexibility index (Phi) is 6.91. The topological polar surface area (TPSA) is 12.0 Å². The summed E-state index contributed by atoms with van der Waals surface area (Å²) in [6.45, 7) is 5.65. The maximum Gasteiger partial charge on any atom is 0.0320 e. The molecule has 1 atom stereocenters. The number of benzene rings is 1. The average molecular weight is 219 g/mol. The molecule has 1 nitrogen and oxygen atoms in total. The van der Waals surface area contributed by atoms with Crippen LogP contribution < -0.4 is 5.32 Å². The van der Waals surface area contributed by atoms with Crippen molar-refractivity contribution < 1.29 is 0 Å². The second kappa shape index (κ2) is 8.35. The van der Waals surface area contributed by atoms with Crippen LogP contribution in [0.2, 0.25) is 0 Å². The van der Waals surface area contributed by atoms with E-state index in [0.29, 0.717) is 6.04 Å². The van der Waals surface area contributed by atoms with Crippen LogP contribution in [-0.4, -0.2) is 6.54 Å². The predicted octanol–water partition coefficient (Wildman–Crippen LogP) is 4.31. The molecule has 0 heterocycles. The lowest BCUT2D eigenvalue weighted by molar-refractivity contribution is 0.481. The molecular formula is C15H25N. The molecule has 1 N–H and O–H groups in total. The Bertz CT molecular complexity index is 255. The van der Waals surface area contributed by atoms with Crippen molar-refractivity contribution >= 4 is 0 Å². The summed E-state index contributed by atoms with van der Waals surface area (Å²) in [5, 5.41) is 3.67. The summed E-state index contributed by atoms with van der Waals surface area (Å²) in [5.41, 5.74) is 1.43. The highest BCUT2D eigenvalue weighted by Gasteiger charge is 2.08. The largest absolute Gasteiger partial charge is 0.310 e. The third-order valence-electron chi connectivity index (χ3n) is 2.95. The molecule has 0 amide bonds. The summed E-state index contributed by atoms with van der Waals surface area (Å²) in [5.74, 6) is 0. The van der Waals surface area contributed by atoms with Gasteiger partial charge in [-0.1, -0.05) is 63.4 Å². The minimum absolute atomic E-state index is 0.544. The fourth-order valence-corrected chi connectivity index (χ4v) is 2.01. The van der Waals surface area contributed by atoms with Crippen molar-refractivity contribution in [2.45, 2.75) is 52.0 Å². The second-order valence-electron chi connectivity index (χ2n) is 4.41. The number of unbranched alkanes of at least 4 members (excludes halogenated alkanes) is 2. The molecule has 1 unspecified atom stereocenters. The van der Waals surface area contributed by atoms with Crippen molar-refractivity contribution in [3.05, 3.63) is 35.9 Å². The summed E-state index contributed by atoms with van der Waals surface area (Å²) in [4.78, 5) is 0. The van der Waals surface area contributed by atoms with E-state index in [1.54, 1.807) is 0 Å². The highest BCUT2D eigenvalue weighted by Crippen LogP contribution is 2.17. The molecule has 0 aliphatic heterocycles. The van der Waals surface area contributed by atoms with Gasteiger partial charge in [0, 0.05) is 6.04 Å². The van der Waals surface area contributed by atoms with Crippen molar-refractivity contribution in [1.29, 1.82) is 0 Å². The Morgan fingerprint density at radius 3 is 2.38 bits per heavy atom. The van der Waals surface area contributed by atoms with Crippen molar-refractivity contribution in [2.24, 2.45) is 0 Å². The molecule has 1 aromatic carbocycles. The van der Waals surface area contributed by atoms with Crippen molar-refractivity contribution in [3.63, 3.8) is 0 Å². The lowest BCUT2D eigenvalue weighted by Gasteiger charge is -2.18. The summed E-state index contributed by atoms with van der Waals surface area (Å²) < 4.78 is 0. The minimum Gasteiger partial charge on any atom is -0.310 e. The predicted molar refractivity (Wildman–Crippen MR) is 71.6 cm³/mol. The van der Waals surface area contributed by atoms with Gasteiger partial charge in [0.2, 0.25) is 0 Å². The lowest BCUT2D eigenvalue weighted by atomic mass is 10.0. The van der Waals surface area contributed by atoms with E-state index >= 15 is 0 Å². The van der Waals surface area contributed by atoms with Gasteiger partial charge in [-0.2, -0.15) is 0 Å². The van der Waals surface area contributed by atoms with E-state index in [-0.39, 0.29) is 0 Å². The molecule has 16 heavy (non-hydrogen) atoms. The van der Waals surface area contributed by atoms with E-state index in [0.717, 1.165) is 6.54 Å². The van der Waals surface area contributed by atoms with Crippen LogP contribution in [0.5, 0.6) is 0 Å². The molecule has 0 fully saturated rings. The molecule has 90 valence electrons. The molecule has 1 aromatic rings. The first-order valence-electron chi connectivity index (χ1n) is 6.66. The molecule has 0 aliphatic rings. The van der Waals surface area contributed by atoms with Crippen molar-refractivity contribution in [2.75, 3.05) is 6.54 Å². The van der Waals surface area contributed by atoms with Crippen LogP contribution in [0, 0.1) is 0 Å². The standard InChI is InChI=1S/C15H25N/c1-3-5-9-13-16-15(10-4-2)14-11-7-6-8-12-14/h6-8,11-12,15-16H,3-5,9-10,13H2,1-2H3. The van der Waals surface area contributed by atoms with E-state index in [1.807, 2.05) is 0 Å². The van der Waals surface area contributed by atoms with Crippen molar-refractivity contribution in [1.82, 2.24) is 5.32 Å². The molecule has 1 rings (SSSR count). The third-order valence-corrected chi connectivity index (χ3v) is 2.95. The first kappa shape index (κ1) is 13.2. The molecule has 0 saturated carbocycles. The van der Waals surface area contributed by atoms with E-state index in [4.69, 9.17) is 0 Å². The molecular weight excluding hydrogens is 194 g/mol. The van der Waals surface area contributed by atoms with Crippen LogP contribution in [0.1, 0.15) is 57.6 Å². The Morgan fingerprint density at radius 2 is 1.75 bits per heavy atom. The highest BCUT2D eigenvalue weighted by molar-refractivity contribution is 5.18. The van der Waals surface area contributed by atoms with Gasteiger partial charge in [0.25, 0.3) is 0 Å². The molecule has 0 spiro atoms. The van der Waals surface area contributed by atoms with Crippen molar-refractivity contribution in [3.8, 4) is 0 Å². The first-order chi connectivity index (χ1) is 7.88. The zero-order chi connectivity index (χ0) is 11.6. The second-order valence-corrected chi connectivity index (χ2v) is 4.41. The minimum atomic E-state index is 0.544. The van der Waals surface area contributed by atoms with Crippen LogP contribution in [0.15, 0.2) is 30.3 Å². The quantitative estimate of drug-likeness (QED) is 0.642. The summed E-state index contributed by atoms with van der Waals surface area (Å²) >= 11 is 0. The van der Waals surface area contributed by atoms with Crippen LogP contribution in [-0.2, 0) is 0 Å². The number of hydrogen-bond acceptors (Lipinski definition) is 1. The highest BCUT2D eigenvalue weighted by atomic mass is 14.9. The smallest absolute Gasteiger partial charge is 0.0320 e. The third kappa shape index (κ3) is 4.80. The number of nitrogens with one attached hydrogen (secondary N) is 1. The molecule has 0 saturated heterocycles. The Balaban J connectivity index is 2.41. The van der Waals surface area contributed by atoms with Crippen LogP contribution >= 0.6 is 0 Å². The van der Waals surface area contributed by atoms with Gasteiger partial charge in [0.1, 0.15) is 0 Å². The number of rotatable bonds is 8. The van der Waals surface area contributed by atoms with Gasteiger partial charge in [0.05, 0.1) is 0 Å². The zero-order valence-electron chi connectivity index (χ0n) is 10.7. The van der Waals surface area contributed by atoms with Gasteiger partial charge >= 0.3 is 0 Å². The summed E-state index contributed by atoms with van der Waals surface area (Å²) in [7, 11) is 0. The average Bonchev–Trinajstić information content (AvgIpc) is 2.34. The fraction of sp³-hybridized carbons (Fsp3) is 0.600. The van der Waals surface area contributed by atoms with E-state index in [9.17, 15) is 0 Å². The zero-order valence-corrected chi connectivity index (χ0v) is 10.7. The van der Waals surface area contributed by atoms with Gasteiger partial charge in [-0.25, -0.2) is 0 Å². The van der Waals surface area contributed by atoms with Crippen LogP contribution in [0.25, 0.3) is 0 Å². The lowest BCUT2D eigenvalue weighted by Crippen LogP contribution is -2.22. The van der Waals surface area contributed by atoms with Gasteiger partial charge < -0.3 is 5.32 Å². The van der Waals surface area contributed by atoms with E-state index in [2.05, 4.69) is 49.5 Å². The normalized spacial score (nSPS) is 12.6. The van der Waals surface area contributed by atoms with Gasteiger partial charge in [0.15, 0.2) is 0 Å². The molecule has 1 heteroatoms. The fourth-order valence-electron chi connectivity index (χ4n) is 2.01. The summed E-state index contributed by atoms with van der Waals surface area (Å²) in [6.07, 6.45) is 6.39. The van der Waals surface area contributed by atoms with Gasteiger partial charge in [-0.15, -0.1) is 0 Å². The summed E-state index contributed by atoms with van der Waals surface area (Å²) in [6, 6.07) is 11.4. The maximum absolute atomic E-state index is 3.67. The number of hydrogen-bond donors (Lipinski definition) is 1. The maximum atomic E-state index is 3.67.